The average Bonchev–Trinajstić information content (AvgIpc) is 2.55. The smallest absolute Gasteiger partial charge is 0.220 e. The van der Waals surface area contributed by atoms with Crippen LogP contribution in [0.5, 0.6) is 0 Å². The van der Waals surface area contributed by atoms with Gasteiger partial charge in [0, 0.05) is 6.54 Å². The number of nitrogen functional groups attached to an aromatic ring is 1. The van der Waals surface area contributed by atoms with Crippen molar-refractivity contribution in [2.45, 2.75) is 46.1 Å². The van der Waals surface area contributed by atoms with Gasteiger partial charge in [-0.15, -0.1) is 5.10 Å². The first-order chi connectivity index (χ1) is 7.19. The molecule has 1 aromatic heterocycles. The van der Waals surface area contributed by atoms with Crippen molar-refractivity contribution in [3.63, 3.8) is 0 Å². The van der Waals surface area contributed by atoms with Gasteiger partial charge in [0.05, 0.1) is 0 Å². The van der Waals surface area contributed by atoms with Crippen molar-refractivity contribution in [2.24, 2.45) is 5.92 Å². The molecule has 1 aromatic rings. The Labute approximate surface area is 95.9 Å². The van der Waals surface area contributed by atoms with E-state index in [2.05, 4.69) is 24.0 Å². The summed E-state index contributed by atoms with van der Waals surface area (Å²) in [6.45, 7) is 5.31. The lowest BCUT2D eigenvalue weighted by Gasteiger charge is -2.15. The Kier molecular flexibility index (Phi) is 4.81. The number of hydrogen-bond donors (Lipinski definition) is 2. The number of H-pyrrole nitrogens is 1. The van der Waals surface area contributed by atoms with Crippen molar-refractivity contribution in [1.29, 1.82) is 0 Å². The second-order valence-corrected chi connectivity index (χ2v) is 4.30. The van der Waals surface area contributed by atoms with Crippen LogP contribution in [0.1, 0.15) is 39.5 Å². The zero-order chi connectivity index (χ0) is 11.3. The van der Waals surface area contributed by atoms with E-state index in [0.717, 1.165) is 13.0 Å². The Morgan fingerprint density at radius 1 is 1.53 bits per heavy atom. The third kappa shape index (κ3) is 3.34. The fourth-order valence-corrected chi connectivity index (χ4v) is 1.90. The maximum Gasteiger partial charge on any atom is 0.220 e. The van der Waals surface area contributed by atoms with Gasteiger partial charge < -0.3 is 5.73 Å². The fourth-order valence-electron chi connectivity index (χ4n) is 1.68. The second kappa shape index (κ2) is 5.90. The molecule has 15 heavy (non-hydrogen) atoms. The second-order valence-electron chi connectivity index (χ2n) is 3.91. The zero-order valence-corrected chi connectivity index (χ0v) is 10.3. The lowest BCUT2D eigenvalue weighted by Crippen LogP contribution is -2.12. The molecule has 5 heteroatoms. The number of nitrogens with one attached hydrogen (secondary N) is 1. The first kappa shape index (κ1) is 12.2. The predicted molar refractivity (Wildman–Crippen MR) is 65.1 cm³/mol. The van der Waals surface area contributed by atoms with Crippen LogP contribution in [0.4, 0.5) is 5.95 Å². The SMILES string of the molecule is CCCCC(CC)Cn1c(N)n[nH]c1=S. The highest BCUT2D eigenvalue weighted by Crippen LogP contribution is 2.16. The van der Waals surface area contributed by atoms with Crippen LogP contribution in [0.25, 0.3) is 0 Å². The summed E-state index contributed by atoms with van der Waals surface area (Å²) in [5.41, 5.74) is 5.73. The van der Waals surface area contributed by atoms with Gasteiger partial charge in [0.15, 0.2) is 4.77 Å². The summed E-state index contributed by atoms with van der Waals surface area (Å²) in [7, 11) is 0. The van der Waals surface area contributed by atoms with Crippen LogP contribution in [0.3, 0.4) is 0 Å². The van der Waals surface area contributed by atoms with E-state index in [4.69, 9.17) is 18.0 Å². The molecule has 1 atom stereocenters. The van der Waals surface area contributed by atoms with Crippen LogP contribution in [0.15, 0.2) is 0 Å². The standard InChI is InChI=1S/C10H20N4S/c1-3-5-6-8(4-2)7-14-9(11)12-13-10(14)15/h8H,3-7H2,1-2H3,(H2,11,12)(H,13,15). The predicted octanol–water partition coefficient (Wildman–Crippen LogP) is 2.74. The average molecular weight is 228 g/mol. The molecule has 1 unspecified atom stereocenters. The number of aromatic amines is 1. The van der Waals surface area contributed by atoms with Crippen molar-refractivity contribution >= 4 is 18.2 Å². The van der Waals surface area contributed by atoms with Crippen molar-refractivity contribution in [3.05, 3.63) is 4.77 Å². The van der Waals surface area contributed by atoms with E-state index in [1.54, 1.807) is 0 Å². The van der Waals surface area contributed by atoms with Gasteiger partial charge in [0.1, 0.15) is 0 Å². The highest BCUT2D eigenvalue weighted by atomic mass is 32.1. The maximum absolute atomic E-state index is 5.73. The summed E-state index contributed by atoms with van der Waals surface area (Å²) in [6, 6.07) is 0. The number of unbranched alkanes of at least 4 members (excludes halogenated alkanes) is 1. The maximum atomic E-state index is 5.73. The van der Waals surface area contributed by atoms with Gasteiger partial charge in [-0.1, -0.05) is 33.1 Å². The molecule has 1 heterocycles. The van der Waals surface area contributed by atoms with Gasteiger partial charge in [-0.3, -0.25) is 4.57 Å². The molecule has 0 aromatic carbocycles. The molecular formula is C10H20N4S. The number of aromatic nitrogens is 3. The Bertz CT molecular complexity index is 341. The van der Waals surface area contributed by atoms with E-state index >= 15 is 0 Å². The molecule has 0 fully saturated rings. The molecule has 0 radical (unpaired) electrons. The molecule has 0 spiro atoms. The van der Waals surface area contributed by atoms with Gasteiger partial charge in [0.25, 0.3) is 0 Å². The van der Waals surface area contributed by atoms with Crippen LogP contribution < -0.4 is 5.73 Å². The number of nitrogens with zero attached hydrogens (tertiary/aromatic N) is 2. The normalized spacial score (nSPS) is 12.9. The summed E-state index contributed by atoms with van der Waals surface area (Å²) in [6.07, 6.45) is 4.90. The summed E-state index contributed by atoms with van der Waals surface area (Å²) in [5, 5.41) is 6.62. The number of anilines is 1. The highest BCUT2D eigenvalue weighted by Gasteiger charge is 2.10. The van der Waals surface area contributed by atoms with E-state index < -0.39 is 0 Å². The van der Waals surface area contributed by atoms with E-state index in [0.29, 0.717) is 16.6 Å². The summed E-state index contributed by atoms with van der Waals surface area (Å²) in [4.78, 5) is 0. The molecular weight excluding hydrogens is 208 g/mol. The first-order valence-corrected chi connectivity index (χ1v) is 6.00. The van der Waals surface area contributed by atoms with Crippen LogP contribution >= 0.6 is 12.2 Å². The highest BCUT2D eigenvalue weighted by molar-refractivity contribution is 7.71. The minimum atomic E-state index is 0.495. The lowest BCUT2D eigenvalue weighted by molar-refractivity contribution is 0.391. The summed E-state index contributed by atoms with van der Waals surface area (Å²) >= 11 is 5.12. The largest absolute Gasteiger partial charge is 0.368 e. The van der Waals surface area contributed by atoms with Crippen LogP contribution in [-0.2, 0) is 6.54 Å². The van der Waals surface area contributed by atoms with Gasteiger partial charge in [-0.2, -0.15) is 0 Å². The zero-order valence-electron chi connectivity index (χ0n) is 9.49. The molecule has 0 saturated heterocycles. The summed E-state index contributed by atoms with van der Waals surface area (Å²) < 4.78 is 2.52. The van der Waals surface area contributed by atoms with Gasteiger partial charge in [0.2, 0.25) is 5.95 Å². The van der Waals surface area contributed by atoms with Crippen LogP contribution in [0.2, 0.25) is 0 Å². The third-order valence-corrected chi connectivity index (χ3v) is 3.08. The molecule has 0 aliphatic carbocycles. The van der Waals surface area contributed by atoms with Gasteiger partial charge in [-0.05, 0) is 24.6 Å². The third-order valence-electron chi connectivity index (χ3n) is 2.77. The monoisotopic (exact) mass is 228 g/mol. The van der Waals surface area contributed by atoms with E-state index in [-0.39, 0.29) is 0 Å². The lowest BCUT2D eigenvalue weighted by atomic mass is 9.99. The molecule has 86 valence electrons. The molecule has 1 rings (SSSR count). The molecule has 4 nitrogen and oxygen atoms in total. The van der Waals surface area contributed by atoms with Crippen LogP contribution in [-0.4, -0.2) is 14.8 Å². The Morgan fingerprint density at radius 2 is 2.27 bits per heavy atom. The van der Waals surface area contributed by atoms with Crippen molar-refractivity contribution in [1.82, 2.24) is 14.8 Å². The van der Waals surface area contributed by atoms with Gasteiger partial charge >= 0.3 is 0 Å². The minimum Gasteiger partial charge on any atom is -0.368 e. The molecule has 0 aliphatic rings. The number of nitrogens with two attached hydrogens (primary N) is 1. The molecule has 0 aliphatic heterocycles. The molecule has 3 N–H and O–H groups in total. The van der Waals surface area contributed by atoms with Gasteiger partial charge in [-0.25, -0.2) is 5.10 Å². The Morgan fingerprint density at radius 3 is 2.73 bits per heavy atom. The molecule has 0 bridgehead atoms. The number of rotatable bonds is 6. The quantitative estimate of drug-likeness (QED) is 0.736. The Hall–Kier alpha value is -0.840. The van der Waals surface area contributed by atoms with E-state index in [9.17, 15) is 0 Å². The van der Waals surface area contributed by atoms with Crippen molar-refractivity contribution in [3.8, 4) is 0 Å². The minimum absolute atomic E-state index is 0.495. The van der Waals surface area contributed by atoms with E-state index in [1.807, 2.05) is 4.57 Å². The Balaban J connectivity index is 2.62. The number of hydrogen-bond acceptors (Lipinski definition) is 3. The molecule has 0 amide bonds. The fraction of sp³-hybridized carbons (Fsp3) is 0.800. The van der Waals surface area contributed by atoms with Crippen molar-refractivity contribution in [2.75, 3.05) is 5.73 Å². The van der Waals surface area contributed by atoms with Crippen molar-refractivity contribution < 1.29 is 0 Å². The molecule has 0 saturated carbocycles. The van der Waals surface area contributed by atoms with E-state index in [1.165, 1.54) is 19.3 Å². The topological polar surface area (TPSA) is 59.6 Å². The van der Waals surface area contributed by atoms with Crippen LogP contribution in [0, 0.1) is 10.7 Å². The summed E-state index contributed by atoms with van der Waals surface area (Å²) in [5.74, 6) is 1.14. The first-order valence-electron chi connectivity index (χ1n) is 5.59.